The molecule has 2 atom stereocenters. The molecule has 2 N–H and O–H groups in total. The van der Waals surface area contributed by atoms with Gasteiger partial charge < -0.3 is 15.5 Å². The summed E-state index contributed by atoms with van der Waals surface area (Å²) in [6.45, 7) is 6.18. The van der Waals surface area contributed by atoms with Crippen molar-refractivity contribution in [2.45, 2.75) is 45.8 Å². The lowest BCUT2D eigenvalue weighted by Crippen LogP contribution is -2.53. The van der Waals surface area contributed by atoms with Crippen molar-refractivity contribution in [3.8, 4) is 5.69 Å². The maximum absolute atomic E-state index is 13.9. The number of hydrogen-bond acceptors (Lipinski definition) is 3. The molecule has 2 aromatic carbocycles. The van der Waals surface area contributed by atoms with Gasteiger partial charge in [0, 0.05) is 18.4 Å². The van der Waals surface area contributed by atoms with Gasteiger partial charge >= 0.3 is 6.03 Å². The number of hydrogen-bond donors (Lipinski definition) is 1. The molecule has 8 heteroatoms. The summed E-state index contributed by atoms with van der Waals surface area (Å²) in [6, 6.07) is 13.8. The van der Waals surface area contributed by atoms with Crippen molar-refractivity contribution in [3.05, 3.63) is 76.6 Å². The Balaban J connectivity index is 1.78. The lowest BCUT2D eigenvalue weighted by Gasteiger charge is -2.36. The van der Waals surface area contributed by atoms with E-state index in [0.29, 0.717) is 23.6 Å². The molecule has 0 bridgehead atoms. The number of benzene rings is 2. The SMILES string of the molecule is CC[C@@H]1C(C)N(C(N)=O)Cc2ccccc2N1C(=O)c1ccc(-n2ccc(C)n2)cc1Cl. The molecule has 0 saturated carbocycles. The van der Waals surface area contributed by atoms with Crippen LogP contribution < -0.4 is 10.6 Å². The summed E-state index contributed by atoms with van der Waals surface area (Å²) in [6.07, 6.45) is 2.49. The van der Waals surface area contributed by atoms with Gasteiger partial charge in [-0.25, -0.2) is 9.48 Å². The molecule has 3 amide bonds. The van der Waals surface area contributed by atoms with E-state index in [1.54, 1.807) is 26.6 Å². The minimum Gasteiger partial charge on any atom is -0.351 e. The van der Waals surface area contributed by atoms with Gasteiger partial charge in [0.15, 0.2) is 0 Å². The van der Waals surface area contributed by atoms with Gasteiger partial charge in [-0.2, -0.15) is 5.10 Å². The van der Waals surface area contributed by atoms with E-state index in [9.17, 15) is 9.59 Å². The molecule has 1 aliphatic heterocycles. The molecule has 0 fully saturated rings. The third-order valence-corrected chi connectivity index (χ3v) is 6.37. The van der Waals surface area contributed by atoms with Crippen molar-refractivity contribution < 1.29 is 9.59 Å². The number of primary amides is 1. The van der Waals surface area contributed by atoms with Crippen LogP contribution in [0.25, 0.3) is 5.69 Å². The molecule has 4 rings (SSSR count). The fraction of sp³-hybridized carbons (Fsp3) is 0.292. The zero-order chi connectivity index (χ0) is 23.0. The molecule has 1 unspecified atom stereocenters. The highest BCUT2D eigenvalue weighted by atomic mass is 35.5. The summed E-state index contributed by atoms with van der Waals surface area (Å²) in [4.78, 5) is 29.4. The van der Waals surface area contributed by atoms with Crippen LogP contribution >= 0.6 is 11.6 Å². The van der Waals surface area contributed by atoms with E-state index in [1.807, 2.05) is 63.4 Å². The molecule has 0 spiro atoms. The maximum Gasteiger partial charge on any atom is 0.315 e. The van der Waals surface area contributed by atoms with Crippen LogP contribution in [0.2, 0.25) is 5.02 Å². The number of nitrogens with zero attached hydrogens (tertiary/aromatic N) is 4. The van der Waals surface area contributed by atoms with Gasteiger partial charge in [0.25, 0.3) is 5.91 Å². The van der Waals surface area contributed by atoms with Crippen molar-refractivity contribution in [1.82, 2.24) is 14.7 Å². The molecule has 1 aromatic heterocycles. The molecule has 7 nitrogen and oxygen atoms in total. The Morgan fingerprint density at radius 2 is 1.94 bits per heavy atom. The van der Waals surface area contributed by atoms with Crippen LogP contribution in [-0.2, 0) is 6.54 Å². The third kappa shape index (κ3) is 3.84. The number of urea groups is 1. The van der Waals surface area contributed by atoms with E-state index >= 15 is 0 Å². The van der Waals surface area contributed by atoms with Crippen LogP contribution in [0, 0.1) is 6.92 Å². The first kappa shape index (κ1) is 21.9. The van der Waals surface area contributed by atoms with Gasteiger partial charge in [-0.05, 0) is 56.2 Å². The van der Waals surface area contributed by atoms with E-state index in [1.165, 1.54) is 0 Å². The highest BCUT2D eigenvalue weighted by Crippen LogP contribution is 2.34. The molecule has 32 heavy (non-hydrogen) atoms. The number of para-hydroxylation sites is 1. The average Bonchev–Trinajstić information content (AvgIpc) is 3.16. The Morgan fingerprint density at radius 3 is 2.56 bits per heavy atom. The predicted octanol–water partition coefficient (Wildman–Crippen LogP) is 4.54. The Hall–Kier alpha value is -3.32. The summed E-state index contributed by atoms with van der Waals surface area (Å²) in [5.74, 6) is -0.212. The summed E-state index contributed by atoms with van der Waals surface area (Å²) in [7, 11) is 0. The van der Waals surface area contributed by atoms with E-state index < -0.39 is 6.03 Å². The highest BCUT2D eigenvalue weighted by molar-refractivity contribution is 6.34. The summed E-state index contributed by atoms with van der Waals surface area (Å²) in [5, 5.41) is 4.75. The number of carbonyl (C=O) groups excluding carboxylic acids is 2. The van der Waals surface area contributed by atoms with E-state index in [4.69, 9.17) is 17.3 Å². The van der Waals surface area contributed by atoms with Crippen molar-refractivity contribution in [3.63, 3.8) is 0 Å². The van der Waals surface area contributed by atoms with E-state index in [2.05, 4.69) is 5.10 Å². The van der Waals surface area contributed by atoms with Gasteiger partial charge in [0.1, 0.15) is 0 Å². The second-order valence-corrected chi connectivity index (χ2v) is 8.46. The predicted molar refractivity (Wildman–Crippen MR) is 125 cm³/mol. The fourth-order valence-corrected chi connectivity index (χ4v) is 4.64. The first-order valence-corrected chi connectivity index (χ1v) is 11.0. The highest BCUT2D eigenvalue weighted by Gasteiger charge is 2.38. The standard InChI is InChI=1S/C24H26ClN5O2/c1-4-21-16(3)28(24(26)32)14-17-7-5-6-8-22(17)30(21)23(31)19-10-9-18(13-20(19)25)29-12-11-15(2)27-29/h5-13,16,21H,4,14H2,1-3H3,(H2,26,32)/t16?,21-/m1/s1. The number of halogens is 1. The second kappa shape index (κ2) is 8.67. The van der Waals surface area contributed by atoms with Crippen LogP contribution in [0.3, 0.4) is 0 Å². The number of anilines is 1. The Bertz CT molecular complexity index is 1170. The smallest absolute Gasteiger partial charge is 0.315 e. The number of rotatable bonds is 3. The molecule has 2 heterocycles. The lowest BCUT2D eigenvalue weighted by atomic mass is 10.0. The zero-order valence-corrected chi connectivity index (χ0v) is 19.1. The molecule has 0 radical (unpaired) electrons. The van der Waals surface area contributed by atoms with Crippen molar-refractivity contribution in [1.29, 1.82) is 0 Å². The largest absolute Gasteiger partial charge is 0.351 e. The third-order valence-electron chi connectivity index (χ3n) is 6.06. The normalized spacial score (nSPS) is 18.2. The van der Waals surface area contributed by atoms with Gasteiger partial charge in [0.2, 0.25) is 0 Å². The van der Waals surface area contributed by atoms with E-state index in [-0.39, 0.29) is 18.0 Å². The van der Waals surface area contributed by atoms with Crippen LogP contribution in [0.4, 0.5) is 10.5 Å². The van der Waals surface area contributed by atoms with Crippen LogP contribution in [0.15, 0.2) is 54.7 Å². The topological polar surface area (TPSA) is 84.5 Å². The number of aryl methyl sites for hydroxylation is 1. The minimum atomic E-state index is -0.503. The van der Waals surface area contributed by atoms with Gasteiger partial charge in [0.05, 0.1) is 34.1 Å². The second-order valence-electron chi connectivity index (χ2n) is 8.05. The van der Waals surface area contributed by atoms with Crippen LogP contribution in [0.1, 0.15) is 41.9 Å². The number of nitrogens with two attached hydrogens (primary N) is 1. The molecule has 3 aromatic rings. The quantitative estimate of drug-likeness (QED) is 0.634. The Kier molecular flexibility index (Phi) is 5.93. The van der Waals surface area contributed by atoms with Gasteiger partial charge in [-0.15, -0.1) is 0 Å². The van der Waals surface area contributed by atoms with Crippen molar-refractivity contribution in [2.75, 3.05) is 4.90 Å². The number of fused-ring (bicyclic) bond motifs is 1. The number of amides is 3. The molecular formula is C24H26ClN5O2. The van der Waals surface area contributed by atoms with Gasteiger partial charge in [-0.3, -0.25) is 4.79 Å². The van der Waals surface area contributed by atoms with Gasteiger partial charge in [-0.1, -0.05) is 36.7 Å². The maximum atomic E-state index is 13.9. The molecule has 0 aliphatic carbocycles. The number of aromatic nitrogens is 2. The van der Waals surface area contributed by atoms with Crippen LogP contribution in [-0.4, -0.2) is 38.7 Å². The summed E-state index contributed by atoms with van der Waals surface area (Å²) < 4.78 is 1.72. The first-order chi connectivity index (χ1) is 15.3. The molecule has 0 saturated heterocycles. The fourth-order valence-electron chi connectivity index (χ4n) is 4.38. The minimum absolute atomic E-state index is 0.212. The molecule has 166 valence electrons. The van der Waals surface area contributed by atoms with Crippen LogP contribution in [0.5, 0.6) is 0 Å². The number of carbonyl (C=O) groups is 2. The average molecular weight is 452 g/mol. The van der Waals surface area contributed by atoms with E-state index in [0.717, 1.165) is 22.6 Å². The van der Waals surface area contributed by atoms with Crippen molar-refractivity contribution >= 4 is 29.2 Å². The zero-order valence-electron chi connectivity index (χ0n) is 18.3. The van der Waals surface area contributed by atoms with Crippen molar-refractivity contribution in [2.24, 2.45) is 5.73 Å². The summed E-state index contributed by atoms with van der Waals surface area (Å²) >= 11 is 6.60. The molecule has 1 aliphatic rings. The lowest BCUT2D eigenvalue weighted by molar-refractivity contribution is 0.0959. The first-order valence-electron chi connectivity index (χ1n) is 10.6. The molecular weight excluding hydrogens is 426 g/mol. The summed E-state index contributed by atoms with van der Waals surface area (Å²) in [5.41, 5.74) is 9.38. The Morgan fingerprint density at radius 1 is 1.19 bits per heavy atom. The monoisotopic (exact) mass is 451 g/mol. The Labute approximate surface area is 192 Å².